The van der Waals surface area contributed by atoms with Crippen molar-refractivity contribution in [3.05, 3.63) is 28.5 Å². The summed E-state index contributed by atoms with van der Waals surface area (Å²) in [7, 11) is 0. The topological polar surface area (TPSA) is 78.4 Å². The Morgan fingerprint density at radius 3 is 2.75 bits per heavy atom. The number of hydrogen-bond donors (Lipinski definition) is 3. The Kier molecular flexibility index (Phi) is 4.59. The predicted octanol–water partition coefficient (Wildman–Crippen LogP) is 2.96. The van der Waals surface area contributed by atoms with Gasteiger partial charge in [-0.05, 0) is 37.5 Å². The lowest BCUT2D eigenvalue weighted by molar-refractivity contribution is -0.141. The first-order valence-electron chi connectivity index (χ1n) is 6.21. The molecular formula is C13H14BrFN2O3. The van der Waals surface area contributed by atoms with Crippen molar-refractivity contribution in [3.8, 4) is 0 Å². The van der Waals surface area contributed by atoms with Crippen LogP contribution in [0.5, 0.6) is 0 Å². The lowest BCUT2D eigenvalue weighted by atomic mass is 10.1. The van der Waals surface area contributed by atoms with Crippen LogP contribution in [0.2, 0.25) is 0 Å². The van der Waals surface area contributed by atoms with E-state index in [0.717, 1.165) is 0 Å². The second-order valence-electron chi connectivity index (χ2n) is 4.77. The lowest BCUT2D eigenvalue weighted by Crippen LogP contribution is -2.36. The van der Waals surface area contributed by atoms with Crippen LogP contribution < -0.4 is 10.6 Å². The number of rotatable bonds is 3. The fraction of sp³-hybridized carbons (Fsp3) is 0.385. The number of carbonyl (C=O) groups excluding carboxylic acids is 1. The fourth-order valence-corrected chi connectivity index (χ4v) is 2.64. The molecule has 3 N–H and O–H groups in total. The number of carbonyl (C=O) groups is 2. The van der Waals surface area contributed by atoms with Gasteiger partial charge in [-0.1, -0.05) is 15.9 Å². The van der Waals surface area contributed by atoms with Gasteiger partial charge in [0.05, 0.1) is 11.6 Å². The van der Waals surface area contributed by atoms with Crippen molar-refractivity contribution in [2.24, 2.45) is 5.92 Å². The Morgan fingerprint density at radius 2 is 2.10 bits per heavy atom. The standard InChI is InChI=1S/C13H14BrFN2O3/c14-8-2-4-10(15)11(6-8)17-13(20)16-9-3-1-7(5-9)12(18)19/h2,4,6-7,9H,1,3,5H2,(H,18,19)(H2,16,17,20)/t7-,9+/m1/s1. The van der Waals surface area contributed by atoms with E-state index in [1.807, 2.05) is 0 Å². The summed E-state index contributed by atoms with van der Waals surface area (Å²) >= 11 is 3.19. The molecule has 0 radical (unpaired) electrons. The van der Waals surface area contributed by atoms with Gasteiger partial charge in [-0.3, -0.25) is 4.79 Å². The zero-order chi connectivity index (χ0) is 14.7. The molecule has 20 heavy (non-hydrogen) atoms. The predicted molar refractivity (Wildman–Crippen MR) is 75.0 cm³/mol. The Hall–Kier alpha value is -1.63. The van der Waals surface area contributed by atoms with Gasteiger partial charge in [0, 0.05) is 10.5 Å². The molecule has 1 aromatic carbocycles. The molecular weight excluding hydrogens is 331 g/mol. The van der Waals surface area contributed by atoms with Crippen LogP contribution in [0, 0.1) is 11.7 Å². The number of amides is 2. The molecule has 1 aromatic rings. The second kappa shape index (κ2) is 6.21. The van der Waals surface area contributed by atoms with Crippen molar-refractivity contribution in [2.45, 2.75) is 25.3 Å². The van der Waals surface area contributed by atoms with Crippen LogP contribution in [-0.2, 0) is 4.79 Å². The number of carboxylic acid groups (broad SMARTS) is 1. The van der Waals surface area contributed by atoms with Gasteiger partial charge in [0.1, 0.15) is 5.82 Å². The first kappa shape index (κ1) is 14.8. The van der Waals surface area contributed by atoms with E-state index >= 15 is 0 Å². The van der Waals surface area contributed by atoms with Gasteiger partial charge >= 0.3 is 12.0 Å². The molecule has 5 nitrogen and oxygen atoms in total. The number of hydrogen-bond acceptors (Lipinski definition) is 2. The van der Waals surface area contributed by atoms with Gasteiger partial charge in [0.25, 0.3) is 0 Å². The van der Waals surface area contributed by atoms with Crippen LogP contribution in [0.1, 0.15) is 19.3 Å². The van der Waals surface area contributed by atoms with Crippen LogP contribution in [-0.4, -0.2) is 23.1 Å². The van der Waals surface area contributed by atoms with Gasteiger partial charge in [0.15, 0.2) is 0 Å². The summed E-state index contributed by atoms with van der Waals surface area (Å²) in [6, 6.07) is 3.52. The number of nitrogens with one attached hydrogen (secondary N) is 2. The highest BCUT2D eigenvalue weighted by Gasteiger charge is 2.30. The molecule has 0 saturated heterocycles. The summed E-state index contributed by atoms with van der Waals surface area (Å²) in [5.41, 5.74) is 0.0738. The van der Waals surface area contributed by atoms with Crippen molar-refractivity contribution in [3.63, 3.8) is 0 Å². The molecule has 0 heterocycles. The number of aliphatic carboxylic acids is 1. The van der Waals surface area contributed by atoms with Crippen molar-refractivity contribution in [1.29, 1.82) is 0 Å². The van der Waals surface area contributed by atoms with Crippen LogP contribution in [0.4, 0.5) is 14.9 Å². The van der Waals surface area contributed by atoms with Gasteiger partial charge in [0.2, 0.25) is 0 Å². The van der Waals surface area contributed by atoms with Gasteiger partial charge in [-0.25, -0.2) is 9.18 Å². The van der Waals surface area contributed by atoms with Gasteiger partial charge in [-0.2, -0.15) is 0 Å². The minimum Gasteiger partial charge on any atom is -0.481 e. The number of halogens is 2. The summed E-state index contributed by atoms with van der Waals surface area (Å²) in [5, 5.41) is 14.0. The van der Waals surface area contributed by atoms with E-state index in [-0.39, 0.29) is 11.7 Å². The zero-order valence-electron chi connectivity index (χ0n) is 10.5. The number of urea groups is 1. The number of carboxylic acids is 1. The monoisotopic (exact) mass is 344 g/mol. The molecule has 1 fully saturated rings. The Morgan fingerprint density at radius 1 is 1.35 bits per heavy atom. The summed E-state index contributed by atoms with van der Waals surface area (Å²) in [5.74, 6) is -1.78. The maximum atomic E-state index is 13.5. The molecule has 1 aliphatic rings. The van der Waals surface area contributed by atoms with Crippen LogP contribution in [0.3, 0.4) is 0 Å². The molecule has 2 atom stereocenters. The van der Waals surface area contributed by atoms with Crippen molar-refractivity contribution in [1.82, 2.24) is 5.32 Å². The highest BCUT2D eigenvalue weighted by Crippen LogP contribution is 2.26. The Balaban J connectivity index is 1.90. The quantitative estimate of drug-likeness (QED) is 0.788. The molecule has 0 aliphatic heterocycles. The zero-order valence-corrected chi connectivity index (χ0v) is 12.1. The van der Waals surface area contributed by atoms with E-state index in [4.69, 9.17) is 5.11 Å². The average molecular weight is 345 g/mol. The molecule has 2 rings (SSSR count). The van der Waals surface area contributed by atoms with Crippen molar-refractivity contribution < 1.29 is 19.1 Å². The Labute approximate surface area is 123 Å². The van der Waals surface area contributed by atoms with Gasteiger partial charge in [-0.15, -0.1) is 0 Å². The third-order valence-electron chi connectivity index (χ3n) is 3.29. The molecule has 108 valence electrons. The van der Waals surface area contributed by atoms with Crippen LogP contribution in [0.25, 0.3) is 0 Å². The largest absolute Gasteiger partial charge is 0.481 e. The molecule has 0 unspecified atom stereocenters. The molecule has 2 amide bonds. The molecule has 0 aromatic heterocycles. The minimum absolute atomic E-state index is 0.0738. The summed E-state index contributed by atoms with van der Waals surface area (Å²) in [6.45, 7) is 0. The molecule has 1 aliphatic carbocycles. The van der Waals surface area contributed by atoms with Crippen LogP contribution in [0.15, 0.2) is 22.7 Å². The SMILES string of the molecule is O=C(Nc1cc(Br)ccc1F)N[C@H]1CC[C@@H](C(=O)O)C1. The average Bonchev–Trinajstić information content (AvgIpc) is 2.82. The summed E-state index contributed by atoms with van der Waals surface area (Å²) in [6.07, 6.45) is 1.57. The third kappa shape index (κ3) is 3.69. The summed E-state index contributed by atoms with van der Waals surface area (Å²) < 4.78 is 14.1. The Bertz CT molecular complexity index is 538. The lowest BCUT2D eigenvalue weighted by Gasteiger charge is -2.14. The minimum atomic E-state index is -0.840. The third-order valence-corrected chi connectivity index (χ3v) is 3.79. The highest BCUT2D eigenvalue weighted by atomic mass is 79.9. The van der Waals surface area contributed by atoms with E-state index in [1.54, 1.807) is 0 Å². The van der Waals surface area contributed by atoms with E-state index in [0.29, 0.717) is 23.7 Å². The molecule has 1 saturated carbocycles. The normalized spacial score (nSPS) is 21.5. The van der Waals surface area contributed by atoms with Crippen molar-refractivity contribution >= 4 is 33.6 Å². The molecule has 0 bridgehead atoms. The first-order valence-corrected chi connectivity index (χ1v) is 7.00. The smallest absolute Gasteiger partial charge is 0.319 e. The van der Waals surface area contributed by atoms with E-state index in [9.17, 15) is 14.0 Å². The maximum Gasteiger partial charge on any atom is 0.319 e. The molecule has 7 heteroatoms. The fourth-order valence-electron chi connectivity index (χ4n) is 2.27. The maximum absolute atomic E-state index is 13.5. The van der Waals surface area contributed by atoms with Crippen LogP contribution >= 0.6 is 15.9 Å². The second-order valence-corrected chi connectivity index (χ2v) is 5.68. The number of anilines is 1. The number of benzene rings is 1. The van der Waals surface area contributed by atoms with E-state index < -0.39 is 23.7 Å². The molecule has 0 spiro atoms. The first-order chi connectivity index (χ1) is 9.45. The summed E-state index contributed by atoms with van der Waals surface area (Å²) in [4.78, 5) is 22.6. The van der Waals surface area contributed by atoms with Gasteiger partial charge < -0.3 is 15.7 Å². The van der Waals surface area contributed by atoms with E-state index in [2.05, 4.69) is 26.6 Å². The van der Waals surface area contributed by atoms with Crippen molar-refractivity contribution in [2.75, 3.05) is 5.32 Å². The van der Waals surface area contributed by atoms with E-state index in [1.165, 1.54) is 18.2 Å². The highest BCUT2D eigenvalue weighted by molar-refractivity contribution is 9.10.